The van der Waals surface area contributed by atoms with Gasteiger partial charge in [-0.1, -0.05) is 6.92 Å². The number of nitrogens with one attached hydrogen (secondary N) is 1. The molecular weight excluding hydrogens is 164 g/mol. The summed E-state index contributed by atoms with van der Waals surface area (Å²) in [4.78, 5) is 5.12. The van der Waals surface area contributed by atoms with Gasteiger partial charge in [-0.25, -0.2) is 0 Å². The Hall–Kier alpha value is -0.160. The van der Waals surface area contributed by atoms with Crippen LogP contribution < -0.4 is 11.3 Å². The number of hydrogen-bond acceptors (Lipinski definition) is 4. The zero-order valence-electron chi connectivity index (χ0n) is 8.37. The molecule has 3 aliphatic rings. The van der Waals surface area contributed by atoms with Gasteiger partial charge in [0.1, 0.15) is 0 Å². The SMILES string of the molecule is CCC(NN)C1CN2CCN1CC2. The quantitative estimate of drug-likeness (QED) is 0.446. The fourth-order valence-corrected chi connectivity index (χ4v) is 2.54. The van der Waals surface area contributed by atoms with Crippen LogP contribution in [-0.2, 0) is 0 Å². The van der Waals surface area contributed by atoms with E-state index >= 15 is 0 Å². The van der Waals surface area contributed by atoms with Crippen molar-refractivity contribution in [1.82, 2.24) is 15.2 Å². The lowest BCUT2D eigenvalue weighted by Gasteiger charge is -2.49. The monoisotopic (exact) mass is 184 g/mol. The van der Waals surface area contributed by atoms with Gasteiger partial charge in [-0.15, -0.1) is 0 Å². The third-order valence-corrected chi connectivity index (χ3v) is 3.44. The summed E-state index contributed by atoms with van der Waals surface area (Å²) in [6.45, 7) is 8.34. The molecule has 0 aromatic heterocycles. The molecule has 0 spiro atoms. The Morgan fingerprint density at radius 1 is 1.38 bits per heavy atom. The van der Waals surface area contributed by atoms with Gasteiger partial charge in [0.25, 0.3) is 0 Å². The first-order chi connectivity index (χ1) is 6.35. The van der Waals surface area contributed by atoms with Crippen LogP contribution in [0.25, 0.3) is 0 Å². The normalized spacial score (nSPS) is 40.6. The van der Waals surface area contributed by atoms with Crippen LogP contribution in [0, 0.1) is 0 Å². The van der Waals surface area contributed by atoms with E-state index < -0.39 is 0 Å². The van der Waals surface area contributed by atoms with E-state index in [9.17, 15) is 0 Å². The van der Waals surface area contributed by atoms with Crippen LogP contribution in [-0.4, -0.2) is 54.6 Å². The molecule has 0 aliphatic carbocycles. The van der Waals surface area contributed by atoms with E-state index in [1.807, 2.05) is 0 Å². The third-order valence-electron chi connectivity index (χ3n) is 3.44. The van der Waals surface area contributed by atoms with Gasteiger partial charge in [0.15, 0.2) is 0 Å². The van der Waals surface area contributed by atoms with E-state index in [1.54, 1.807) is 0 Å². The van der Waals surface area contributed by atoms with E-state index in [1.165, 1.54) is 32.7 Å². The third kappa shape index (κ3) is 1.72. The van der Waals surface area contributed by atoms with E-state index in [0.29, 0.717) is 12.1 Å². The van der Waals surface area contributed by atoms with Crippen LogP contribution in [0.3, 0.4) is 0 Å². The summed E-state index contributed by atoms with van der Waals surface area (Å²) in [7, 11) is 0. The molecule has 3 N–H and O–H groups in total. The minimum absolute atomic E-state index is 0.461. The molecule has 4 nitrogen and oxygen atoms in total. The molecule has 0 aromatic rings. The van der Waals surface area contributed by atoms with Crippen LogP contribution >= 0.6 is 0 Å². The van der Waals surface area contributed by atoms with Gasteiger partial charge in [-0.3, -0.25) is 21.1 Å². The van der Waals surface area contributed by atoms with Gasteiger partial charge < -0.3 is 0 Å². The van der Waals surface area contributed by atoms with Gasteiger partial charge in [-0.2, -0.15) is 0 Å². The summed E-state index contributed by atoms with van der Waals surface area (Å²) in [5.41, 5.74) is 2.94. The molecule has 3 saturated heterocycles. The van der Waals surface area contributed by atoms with E-state index in [0.717, 1.165) is 6.42 Å². The van der Waals surface area contributed by atoms with Gasteiger partial charge >= 0.3 is 0 Å². The lowest BCUT2D eigenvalue weighted by atomic mass is 9.99. The van der Waals surface area contributed by atoms with Crippen molar-refractivity contribution in [2.45, 2.75) is 25.4 Å². The minimum Gasteiger partial charge on any atom is -0.299 e. The van der Waals surface area contributed by atoms with Crippen molar-refractivity contribution < 1.29 is 0 Å². The van der Waals surface area contributed by atoms with Crippen molar-refractivity contribution in [2.24, 2.45) is 5.84 Å². The maximum atomic E-state index is 5.55. The Morgan fingerprint density at radius 3 is 2.46 bits per heavy atom. The summed E-state index contributed by atoms with van der Waals surface area (Å²) in [6.07, 6.45) is 1.12. The summed E-state index contributed by atoms with van der Waals surface area (Å²) < 4.78 is 0. The zero-order valence-corrected chi connectivity index (χ0v) is 8.37. The van der Waals surface area contributed by atoms with Crippen molar-refractivity contribution >= 4 is 0 Å². The molecular formula is C9H20N4. The van der Waals surface area contributed by atoms with Crippen molar-refractivity contribution in [1.29, 1.82) is 0 Å². The van der Waals surface area contributed by atoms with Crippen molar-refractivity contribution in [3.63, 3.8) is 0 Å². The average molecular weight is 184 g/mol. The molecule has 2 atom stereocenters. The van der Waals surface area contributed by atoms with Crippen LogP contribution in [0.2, 0.25) is 0 Å². The van der Waals surface area contributed by atoms with Crippen LogP contribution in [0.5, 0.6) is 0 Å². The first kappa shape index (κ1) is 9.40. The Labute approximate surface area is 80.0 Å². The molecule has 0 saturated carbocycles. The van der Waals surface area contributed by atoms with Gasteiger partial charge in [0.05, 0.1) is 0 Å². The molecule has 3 rings (SSSR count). The Kier molecular flexibility index (Phi) is 2.83. The van der Waals surface area contributed by atoms with E-state index in [-0.39, 0.29) is 0 Å². The molecule has 2 unspecified atom stereocenters. The summed E-state index contributed by atoms with van der Waals surface area (Å²) in [6, 6.07) is 1.10. The van der Waals surface area contributed by atoms with E-state index in [2.05, 4.69) is 22.1 Å². The highest BCUT2D eigenvalue weighted by Crippen LogP contribution is 2.18. The smallest absolute Gasteiger partial charge is 0.0391 e. The Balaban J connectivity index is 1.99. The molecule has 0 radical (unpaired) electrons. The van der Waals surface area contributed by atoms with Crippen LogP contribution in [0.4, 0.5) is 0 Å². The zero-order chi connectivity index (χ0) is 9.26. The first-order valence-corrected chi connectivity index (χ1v) is 5.27. The molecule has 3 fully saturated rings. The maximum absolute atomic E-state index is 5.55. The highest BCUT2D eigenvalue weighted by atomic mass is 15.4. The summed E-state index contributed by atoms with van der Waals surface area (Å²) in [5.74, 6) is 5.55. The first-order valence-electron chi connectivity index (χ1n) is 5.27. The van der Waals surface area contributed by atoms with Gasteiger partial charge in [0.2, 0.25) is 0 Å². The van der Waals surface area contributed by atoms with Crippen LogP contribution in [0.15, 0.2) is 0 Å². The predicted molar refractivity (Wildman–Crippen MR) is 53.2 cm³/mol. The average Bonchev–Trinajstić information content (AvgIpc) is 2.22. The number of fused-ring (bicyclic) bond motifs is 3. The molecule has 0 amide bonds. The second-order valence-electron chi connectivity index (χ2n) is 4.09. The number of piperazine rings is 3. The molecule has 76 valence electrons. The number of nitrogens with zero attached hydrogens (tertiary/aromatic N) is 2. The lowest BCUT2D eigenvalue weighted by molar-refractivity contribution is -0.00375. The summed E-state index contributed by atoms with van der Waals surface area (Å²) in [5, 5.41) is 0. The van der Waals surface area contributed by atoms with E-state index in [4.69, 9.17) is 5.84 Å². The maximum Gasteiger partial charge on any atom is 0.0391 e. The molecule has 3 heterocycles. The molecule has 3 aliphatic heterocycles. The lowest BCUT2D eigenvalue weighted by Crippen LogP contribution is -2.66. The van der Waals surface area contributed by atoms with Crippen LogP contribution in [0.1, 0.15) is 13.3 Å². The number of rotatable bonds is 3. The second-order valence-corrected chi connectivity index (χ2v) is 4.09. The number of hydrazine groups is 1. The highest BCUT2D eigenvalue weighted by Gasteiger charge is 2.35. The van der Waals surface area contributed by atoms with Gasteiger partial charge in [-0.05, 0) is 6.42 Å². The second kappa shape index (κ2) is 3.92. The minimum atomic E-state index is 0.461. The highest BCUT2D eigenvalue weighted by molar-refractivity contribution is 4.93. The van der Waals surface area contributed by atoms with Gasteiger partial charge in [0, 0.05) is 44.8 Å². The number of nitrogens with two attached hydrogens (primary N) is 1. The van der Waals surface area contributed by atoms with Crippen molar-refractivity contribution in [3.05, 3.63) is 0 Å². The molecule has 4 heteroatoms. The Morgan fingerprint density at radius 2 is 2.08 bits per heavy atom. The summed E-state index contributed by atoms with van der Waals surface area (Å²) >= 11 is 0. The predicted octanol–water partition coefficient (Wildman–Crippen LogP) is -0.772. The number of hydrogen-bond donors (Lipinski definition) is 2. The molecule has 13 heavy (non-hydrogen) atoms. The van der Waals surface area contributed by atoms with Crippen molar-refractivity contribution in [2.75, 3.05) is 32.7 Å². The largest absolute Gasteiger partial charge is 0.299 e. The Bertz CT molecular complexity index is 159. The fourth-order valence-electron chi connectivity index (χ4n) is 2.54. The standard InChI is InChI=1S/C9H20N4/c1-2-8(11-10)9-7-12-3-5-13(9)6-4-12/h8-9,11H,2-7,10H2,1H3. The molecule has 2 bridgehead atoms. The molecule has 0 aromatic carbocycles. The van der Waals surface area contributed by atoms with Crippen molar-refractivity contribution in [3.8, 4) is 0 Å². The fraction of sp³-hybridized carbons (Fsp3) is 1.00. The topological polar surface area (TPSA) is 44.5 Å².